The number of rotatable bonds is 7. The summed E-state index contributed by atoms with van der Waals surface area (Å²) >= 11 is 1.16. The average molecular weight is 554 g/mol. The Morgan fingerprint density at radius 1 is 1.03 bits per heavy atom. The van der Waals surface area contributed by atoms with Crippen LogP contribution < -0.4 is 10.5 Å². The maximum absolute atomic E-state index is 13.8. The van der Waals surface area contributed by atoms with Crippen LogP contribution in [-0.4, -0.2) is 76.3 Å². The molecule has 0 aliphatic carbocycles. The summed E-state index contributed by atoms with van der Waals surface area (Å²) in [5.74, 6) is 0.267. The van der Waals surface area contributed by atoms with Gasteiger partial charge >= 0.3 is 0 Å². The van der Waals surface area contributed by atoms with Gasteiger partial charge in [0, 0.05) is 57.0 Å². The molecule has 11 nitrogen and oxygen atoms in total. The topological polar surface area (TPSA) is 122 Å². The van der Waals surface area contributed by atoms with Crippen LogP contribution in [0, 0.1) is 6.92 Å². The monoisotopic (exact) mass is 553 g/mol. The molecule has 1 fully saturated rings. The van der Waals surface area contributed by atoms with Crippen LogP contribution in [0.2, 0.25) is 0 Å². The van der Waals surface area contributed by atoms with E-state index >= 15 is 0 Å². The molecule has 5 rings (SSSR count). The van der Waals surface area contributed by atoms with Gasteiger partial charge in [0.2, 0.25) is 21.9 Å². The second-order valence-electron chi connectivity index (χ2n) is 9.02. The lowest BCUT2D eigenvalue weighted by atomic mass is 10.2. The summed E-state index contributed by atoms with van der Waals surface area (Å²) in [7, 11) is -2.31. The van der Waals surface area contributed by atoms with Crippen LogP contribution in [-0.2, 0) is 27.9 Å². The molecule has 0 unspecified atom stereocenters. The molecule has 3 aromatic heterocycles. The number of piperazine rings is 1. The molecule has 198 valence electrons. The lowest BCUT2D eigenvalue weighted by molar-refractivity contribution is -0.131. The Labute approximate surface area is 224 Å². The molecule has 13 heteroatoms. The number of thiophene rings is 1. The third-order valence-corrected chi connectivity index (χ3v) is 9.68. The molecule has 0 bridgehead atoms. The number of aryl methyl sites for hydroxylation is 1. The molecule has 0 N–H and O–H groups in total. The van der Waals surface area contributed by atoms with Gasteiger partial charge in [-0.2, -0.15) is 4.31 Å². The van der Waals surface area contributed by atoms with Crippen LogP contribution in [0.5, 0.6) is 0 Å². The number of nitrogens with zero attached hydrogens (tertiary/aromatic N) is 7. The number of benzene rings is 1. The molecule has 0 saturated carbocycles. The number of amides is 1. The molecule has 4 aromatic rings. The Hall–Kier alpha value is -3.68. The zero-order valence-corrected chi connectivity index (χ0v) is 22.7. The fourth-order valence-electron chi connectivity index (χ4n) is 4.46. The Bertz CT molecular complexity index is 1610. The van der Waals surface area contributed by atoms with Crippen molar-refractivity contribution in [3.63, 3.8) is 0 Å². The number of hydrogen-bond donors (Lipinski definition) is 0. The minimum atomic E-state index is -3.98. The summed E-state index contributed by atoms with van der Waals surface area (Å²) < 4.78 is 30.1. The summed E-state index contributed by atoms with van der Waals surface area (Å²) in [5.41, 5.74) is 0.417. The minimum absolute atomic E-state index is 0.0288. The highest BCUT2D eigenvalue weighted by molar-refractivity contribution is 7.89. The van der Waals surface area contributed by atoms with Gasteiger partial charge in [-0.1, -0.05) is 30.3 Å². The number of sulfonamides is 1. The third-order valence-electron chi connectivity index (χ3n) is 6.46. The van der Waals surface area contributed by atoms with Crippen molar-refractivity contribution in [2.45, 2.75) is 24.9 Å². The highest BCUT2D eigenvalue weighted by Gasteiger charge is 2.34. The van der Waals surface area contributed by atoms with Crippen LogP contribution in [0.25, 0.3) is 10.2 Å². The quantitative estimate of drug-likeness (QED) is 0.339. The first kappa shape index (κ1) is 25.9. The van der Waals surface area contributed by atoms with E-state index in [0.717, 1.165) is 16.9 Å². The number of aromatic nitrogens is 4. The predicted molar refractivity (Wildman–Crippen MR) is 145 cm³/mol. The Kier molecular flexibility index (Phi) is 7.23. The van der Waals surface area contributed by atoms with E-state index in [1.165, 1.54) is 20.1 Å². The van der Waals surface area contributed by atoms with E-state index in [1.807, 2.05) is 35.2 Å². The second kappa shape index (κ2) is 10.6. The van der Waals surface area contributed by atoms with Gasteiger partial charge in [-0.05, 0) is 18.6 Å². The molecule has 0 spiro atoms. The minimum Gasteiger partial charge on any atom is -0.340 e. The average Bonchev–Trinajstić information content (AvgIpc) is 3.28. The molecule has 1 amide bonds. The van der Waals surface area contributed by atoms with Crippen molar-refractivity contribution in [2.75, 3.05) is 38.1 Å². The number of carbonyl (C=O) groups excluding carboxylic acids is 1. The number of anilines is 1. The van der Waals surface area contributed by atoms with Gasteiger partial charge in [0.05, 0.1) is 11.7 Å². The van der Waals surface area contributed by atoms with Gasteiger partial charge in [0.15, 0.2) is 0 Å². The lowest BCUT2D eigenvalue weighted by Gasteiger charge is -2.33. The summed E-state index contributed by atoms with van der Waals surface area (Å²) in [4.78, 5) is 43.4. The number of likely N-dealkylation sites (N-methyl/N-ethyl adjacent to an activating group) is 1. The second-order valence-corrected chi connectivity index (χ2v) is 12.1. The predicted octanol–water partition coefficient (Wildman–Crippen LogP) is 1.73. The molecule has 1 saturated heterocycles. The molecule has 1 aliphatic rings. The van der Waals surface area contributed by atoms with Crippen molar-refractivity contribution in [1.82, 2.24) is 28.7 Å². The van der Waals surface area contributed by atoms with Gasteiger partial charge < -0.3 is 9.80 Å². The number of fused-ring (bicyclic) bond motifs is 1. The number of hydrogen-bond acceptors (Lipinski definition) is 9. The van der Waals surface area contributed by atoms with E-state index in [1.54, 1.807) is 32.4 Å². The fraction of sp³-hybridized carbons (Fsp3) is 0.320. The van der Waals surface area contributed by atoms with Gasteiger partial charge in [-0.25, -0.2) is 23.4 Å². The van der Waals surface area contributed by atoms with Gasteiger partial charge in [0.1, 0.15) is 16.3 Å². The molecule has 4 heterocycles. The zero-order chi connectivity index (χ0) is 26.9. The van der Waals surface area contributed by atoms with Crippen molar-refractivity contribution in [2.24, 2.45) is 0 Å². The maximum Gasteiger partial charge on any atom is 0.263 e. The van der Waals surface area contributed by atoms with E-state index in [4.69, 9.17) is 0 Å². The van der Waals surface area contributed by atoms with E-state index in [9.17, 15) is 18.0 Å². The van der Waals surface area contributed by atoms with Crippen molar-refractivity contribution in [1.29, 1.82) is 0 Å². The largest absolute Gasteiger partial charge is 0.340 e. The Balaban J connectivity index is 1.39. The molecule has 1 aromatic carbocycles. The van der Waals surface area contributed by atoms with Crippen LogP contribution in [0.4, 0.5) is 5.95 Å². The van der Waals surface area contributed by atoms with Crippen molar-refractivity contribution in [3.05, 3.63) is 75.9 Å². The summed E-state index contributed by atoms with van der Waals surface area (Å²) in [6.07, 6.45) is 4.60. The van der Waals surface area contributed by atoms with E-state index in [0.29, 0.717) is 35.3 Å². The molecule has 38 heavy (non-hydrogen) atoms. The normalized spacial score (nSPS) is 14.6. The fourth-order valence-corrected chi connectivity index (χ4v) is 7.55. The van der Waals surface area contributed by atoms with Crippen molar-refractivity contribution >= 4 is 43.4 Å². The van der Waals surface area contributed by atoms with Gasteiger partial charge in [-0.3, -0.25) is 14.2 Å². The first-order valence-electron chi connectivity index (χ1n) is 12.0. The smallest absolute Gasteiger partial charge is 0.263 e. The van der Waals surface area contributed by atoms with Gasteiger partial charge in [-0.15, -0.1) is 11.3 Å². The number of carbonyl (C=O) groups is 1. The highest BCUT2D eigenvalue weighted by atomic mass is 32.2. The lowest BCUT2D eigenvalue weighted by Crippen LogP contribution is -2.49. The molecule has 1 aliphatic heterocycles. The Morgan fingerprint density at radius 2 is 1.71 bits per heavy atom. The molecule has 0 radical (unpaired) electrons. The van der Waals surface area contributed by atoms with Crippen molar-refractivity contribution in [3.8, 4) is 0 Å². The van der Waals surface area contributed by atoms with Crippen LogP contribution in [0.3, 0.4) is 0 Å². The maximum atomic E-state index is 13.8. The molecular weight excluding hydrogens is 526 g/mol. The van der Waals surface area contributed by atoms with E-state index in [2.05, 4.69) is 15.0 Å². The van der Waals surface area contributed by atoms with Crippen LogP contribution in [0.15, 0.2) is 64.8 Å². The van der Waals surface area contributed by atoms with E-state index in [-0.39, 0.29) is 35.8 Å². The zero-order valence-electron chi connectivity index (χ0n) is 21.0. The highest BCUT2D eigenvalue weighted by Crippen LogP contribution is 2.33. The van der Waals surface area contributed by atoms with E-state index < -0.39 is 15.6 Å². The van der Waals surface area contributed by atoms with Crippen LogP contribution in [0.1, 0.15) is 10.4 Å². The first-order valence-corrected chi connectivity index (χ1v) is 14.3. The third kappa shape index (κ3) is 5.04. The molecular formula is C25H27N7O4S2. The summed E-state index contributed by atoms with van der Waals surface area (Å²) in [6.45, 7) is 3.14. The Morgan fingerprint density at radius 3 is 2.39 bits per heavy atom. The first-order chi connectivity index (χ1) is 18.3. The van der Waals surface area contributed by atoms with Crippen molar-refractivity contribution < 1.29 is 13.2 Å². The van der Waals surface area contributed by atoms with Gasteiger partial charge in [0.25, 0.3) is 5.56 Å². The standard InChI is InChI=1S/C25H27N7O4S2/c1-18-22(38(35,36)32-13-11-30(12-14-32)25-26-9-6-10-27-25)21-23(37-18)28-17-31(24(21)34)16-20(33)29(2)15-19-7-4-3-5-8-19/h3-10,17H,11-16H2,1-2H3. The summed E-state index contributed by atoms with van der Waals surface area (Å²) in [6, 6.07) is 11.3. The summed E-state index contributed by atoms with van der Waals surface area (Å²) in [5, 5.41) is 0.0299. The SMILES string of the molecule is Cc1sc2ncn(CC(=O)N(C)Cc3ccccc3)c(=O)c2c1S(=O)(=O)N1CCN(c2ncccn2)CC1. The van der Waals surface area contributed by atoms with Crippen LogP contribution >= 0.6 is 11.3 Å². The molecule has 0 atom stereocenters.